The van der Waals surface area contributed by atoms with Crippen molar-refractivity contribution in [1.82, 2.24) is 0 Å². The van der Waals surface area contributed by atoms with Crippen molar-refractivity contribution in [2.24, 2.45) is 28.6 Å². The molecule has 0 radical (unpaired) electrons. The minimum absolute atomic E-state index is 0.0724. The van der Waals surface area contributed by atoms with Crippen LogP contribution in [0, 0.1) is 28.6 Å². The fraction of sp³-hybridized carbons (Fsp3) is 0.917. The van der Waals surface area contributed by atoms with Gasteiger partial charge in [0.25, 0.3) is 0 Å². The largest absolute Gasteiger partial charge is 0.458 e. The van der Waals surface area contributed by atoms with Crippen LogP contribution in [0.5, 0.6) is 0 Å². The summed E-state index contributed by atoms with van der Waals surface area (Å²) in [6.07, 6.45) is -1.10. The van der Waals surface area contributed by atoms with Gasteiger partial charge in [-0.1, -0.05) is 13.8 Å². The van der Waals surface area contributed by atoms with Crippen LogP contribution in [0.3, 0.4) is 0 Å². The molecule has 6 N–H and O–H groups in total. The summed E-state index contributed by atoms with van der Waals surface area (Å²) in [5.41, 5.74) is -1.52. The Kier molecular flexibility index (Phi) is 9.60. The Morgan fingerprint density at radius 2 is 1.63 bits per heavy atom. The van der Waals surface area contributed by atoms with E-state index in [-0.39, 0.29) is 40.7 Å². The molecule has 3 heterocycles. The SMILES string of the molecule is CO[C@H]1C[C@H](O[C@H]2CC[C@]3(C)[C@H]4CC[C@]5(C)[C@@H](C6=CC(=O)OC6)CC[C@]5(O)[C@@H]4CC[C@]3(O)C2)O[C@H](C)[C@@H]1O[C@H]1O[C@H](CO)[C@@H](O)[C@H](O)[C@H]1O. The Bertz CT molecular complexity index is 1280. The first-order valence-corrected chi connectivity index (χ1v) is 18.3. The molecule has 6 fully saturated rings. The third kappa shape index (κ3) is 5.65. The Labute approximate surface area is 287 Å². The van der Waals surface area contributed by atoms with E-state index in [2.05, 4.69) is 13.8 Å². The lowest BCUT2D eigenvalue weighted by Crippen LogP contribution is -2.67. The summed E-state index contributed by atoms with van der Waals surface area (Å²) in [5, 5.41) is 65.4. The van der Waals surface area contributed by atoms with Crippen molar-refractivity contribution in [2.75, 3.05) is 20.3 Å². The maximum Gasteiger partial charge on any atom is 0.331 e. The number of rotatable bonds is 7. The number of methoxy groups -OCH3 is 1. The smallest absolute Gasteiger partial charge is 0.331 e. The van der Waals surface area contributed by atoms with Crippen LogP contribution in [0.1, 0.15) is 85.0 Å². The average Bonchev–Trinajstić information content (AvgIpc) is 3.61. The van der Waals surface area contributed by atoms with Crippen molar-refractivity contribution < 1.29 is 63.9 Å². The molecular weight excluding hydrogens is 640 g/mol. The third-order valence-electron chi connectivity index (χ3n) is 14.5. The van der Waals surface area contributed by atoms with Crippen molar-refractivity contribution in [3.63, 3.8) is 0 Å². The van der Waals surface area contributed by atoms with Crippen molar-refractivity contribution >= 4 is 5.97 Å². The Hall–Kier alpha value is -1.23. The summed E-state index contributed by atoms with van der Waals surface area (Å²) < 4.78 is 35.4. The summed E-state index contributed by atoms with van der Waals surface area (Å²) in [5.74, 6) is 0.0783. The van der Waals surface area contributed by atoms with Crippen LogP contribution in [0.15, 0.2) is 11.6 Å². The predicted molar refractivity (Wildman–Crippen MR) is 170 cm³/mol. The van der Waals surface area contributed by atoms with E-state index in [4.69, 9.17) is 28.4 Å². The number of hydrogen-bond acceptors (Lipinski definition) is 13. The lowest BCUT2D eigenvalue weighted by Gasteiger charge is -2.66. The molecule has 17 atom stereocenters. The molecular formula is C36H56O13. The molecule has 0 unspecified atom stereocenters. The Morgan fingerprint density at radius 3 is 2.33 bits per heavy atom. The van der Waals surface area contributed by atoms with Crippen LogP contribution in [-0.4, -0.2) is 130 Å². The van der Waals surface area contributed by atoms with Crippen molar-refractivity contribution in [2.45, 2.75) is 158 Å². The Balaban J connectivity index is 0.994. The van der Waals surface area contributed by atoms with E-state index in [0.29, 0.717) is 32.3 Å². The van der Waals surface area contributed by atoms with Gasteiger partial charge < -0.3 is 59.1 Å². The molecule has 2 saturated heterocycles. The lowest BCUT2D eigenvalue weighted by molar-refractivity contribution is -0.347. The summed E-state index contributed by atoms with van der Waals surface area (Å²) >= 11 is 0. The average molecular weight is 697 g/mol. The maximum atomic E-state index is 12.5. The second-order valence-corrected chi connectivity index (χ2v) is 16.6. The molecule has 7 rings (SSSR count). The van der Waals surface area contributed by atoms with Gasteiger partial charge >= 0.3 is 5.97 Å². The molecule has 4 saturated carbocycles. The molecule has 3 aliphatic heterocycles. The van der Waals surface area contributed by atoms with Gasteiger partial charge in [0.2, 0.25) is 0 Å². The molecule has 278 valence electrons. The van der Waals surface area contributed by atoms with Gasteiger partial charge in [-0.25, -0.2) is 4.79 Å². The first kappa shape index (κ1) is 36.1. The van der Waals surface area contributed by atoms with Crippen LogP contribution in [0.4, 0.5) is 0 Å². The third-order valence-corrected chi connectivity index (χ3v) is 14.5. The van der Waals surface area contributed by atoms with E-state index in [1.807, 2.05) is 0 Å². The number of fused-ring (bicyclic) bond motifs is 5. The van der Waals surface area contributed by atoms with Gasteiger partial charge in [0.05, 0.1) is 36.1 Å². The molecule has 0 bridgehead atoms. The van der Waals surface area contributed by atoms with Gasteiger partial charge in [-0.15, -0.1) is 0 Å². The van der Waals surface area contributed by atoms with E-state index in [1.54, 1.807) is 20.1 Å². The van der Waals surface area contributed by atoms with Gasteiger partial charge in [0, 0.05) is 31.4 Å². The number of hydrogen-bond donors (Lipinski definition) is 6. The minimum atomic E-state index is -1.56. The normalized spacial score (nSPS) is 54.4. The molecule has 0 aromatic rings. The zero-order valence-electron chi connectivity index (χ0n) is 29.1. The van der Waals surface area contributed by atoms with Crippen molar-refractivity contribution in [3.8, 4) is 0 Å². The van der Waals surface area contributed by atoms with E-state index >= 15 is 0 Å². The second kappa shape index (κ2) is 13.0. The zero-order chi connectivity index (χ0) is 35.1. The van der Waals surface area contributed by atoms with Gasteiger partial charge in [-0.3, -0.25) is 0 Å². The van der Waals surface area contributed by atoms with Crippen molar-refractivity contribution in [3.05, 3.63) is 11.6 Å². The molecule has 4 aliphatic carbocycles. The summed E-state index contributed by atoms with van der Waals surface area (Å²) in [6.45, 7) is 5.98. The predicted octanol–water partition coefficient (Wildman–Crippen LogP) is 1.08. The molecule has 0 aromatic carbocycles. The molecule has 13 nitrogen and oxygen atoms in total. The first-order chi connectivity index (χ1) is 23.2. The highest BCUT2D eigenvalue weighted by Crippen LogP contribution is 2.70. The number of cyclic esters (lactones) is 1. The topological polar surface area (TPSA) is 194 Å². The quantitative estimate of drug-likeness (QED) is 0.164. The van der Waals surface area contributed by atoms with Crippen LogP contribution in [-0.2, 0) is 33.2 Å². The fourth-order valence-corrected chi connectivity index (χ4v) is 11.5. The van der Waals surface area contributed by atoms with E-state index in [0.717, 1.165) is 44.1 Å². The zero-order valence-corrected chi connectivity index (χ0v) is 29.1. The summed E-state index contributed by atoms with van der Waals surface area (Å²) in [4.78, 5) is 11.9. The van der Waals surface area contributed by atoms with Gasteiger partial charge in [-0.05, 0) is 87.0 Å². The molecule has 49 heavy (non-hydrogen) atoms. The van der Waals surface area contributed by atoms with Crippen LogP contribution in [0.25, 0.3) is 0 Å². The first-order valence-electron chi connectivity index (χ1n) is 18.3. The number of aliphatic hydroxyl groups excluding tert-OH is 4. The summed E-state index contributed by atoms with van der Waals surface area (Å²) in [6, 6.07) is 0. The molecule has 0 amide bonds. The maximum absolute atomic E-state index is 12.5. The van der Waals surface area contributed by atoms with Crippen molar-refractivity contribution in [1.29, 1.82) is 0 Å². The van der Waals surface area contributed by atoms with Crippen LogP contribution >= 0.6 is 0 Å². The van der Waals surface area contributed by atoms with Gasteiger partial charge in [0.1, 0.15) is 37.1 Å². The van der Waals surface area contributed by atoms with Gasteiger partial charge in [-0.2, -0.15) is 0 Å². The molecule has 7 aliphatic rings. The molecule has 13 heteroatoms. The van der Waals surface area contributed by atoms with E-state index in [1.165, 1.54) is 0 Å². The number of carbonyl (C=O) groups excluding carboxylic acids is 1. The Morgan fingerprint density at radius 1 is 0.898 bits per heavy atom. The van der Waals surface area contributed by atoms with Crippen LogP contribution in [0.2, 0.25) is 0 Å². The fourth-order valence-electron chi connectivity index (χ4n) is 11.5. The summed E-state index contributed by atoms with van der Waals surface area (Å²) in [7, 11) is 1.55. The van der Waals surface area contributed by atoms with Crippen LogP contribution < -0.4 is 0 Å². The van der Waals surface area contributed by atoms with Gasteiger partial charge in [0.15, 0.2) is 12.6 Å². The minimum Gasteiger partial charge on any atom is -0.458 e. The molecule has 0 spiro atoms. The number of ether oxygens (including phenoxy) is 6. The highest BCUT2D eigenvalue weighted by atomic mass is 16.7. The number of aliphatic hydroxyl groups is 6. The number of esters is 1. The number of carbonyl (C=O) groups is 1. The van der Waals surface area contributed by atoms with E-state index < -0.39 is 73.1 Å². The molecule has 0 aromatic heterocycles. The lowest BCUT2D eigenvalue weighted by atomic mass is 9.42. The highest BCUT2D eigenvalue weighted by Gasteiger charge is 2.70. The second-order valence-electron chi connectivity index (χ2n) is 16.6. The highest BCUT2D eigenvalue weighted by molar-refractivity contribution is 5.85. The standard InChI is InChI=1S/C36H56O13/c1-18-31(49-32-30(41)29(40)28(39)25(16-37)48-32)24(44-4)14-27(46-18)47-20-5-9-33(2)22-6-10-34(3)21(19-13-26(38)45-17-19)8-12-36(34,43)23(22)7-11-35(33,42)15-20/h13,18,20-25,27-32,37,39-43H,5-12,14-17H2,1-4H3/t18-,20+,21-,22+,23-,24+,25-,27+,28-,29+,30-,31+,32-,33-,34-,35+,36+/m1/s1. The van der Waals surface area contributed by atoms with E-state index in [9.17, 15) is 35.4 Å². The monoisotopic (exact) mass is 696 g/mol.